The van der Waals surface area contributed by atoms with Crippen molar-refractivity contribution >= 4 is 40.7 Å². The van der Waals surface area contributed by atoms with E-state index in [1.165, 1.54) is 33.4 Å². The van der Waals surface area contributed by atoms with Crippen molar-refractivity contribution in [3.63, 3.8) is 0 Å². The summed E-state index contributed by atoms with van der Waals surface area (Å²) in [5.41, 5.74) is 6.93. The lowest BCUT2D eigenvalue weighted by atomic mass is 10.0. The van der Waals surface area contributed by atoms with Gasteiger partial charge in [0.15, 0.2) is 0 Å². The summed E-state index contributed by atoms with van der Waals surface area (Å²) < 4.78 is 5.40. The van der Waals surface area contributed by atoms with Gasteiger partial charge in [-0.15, -0.1) is 22.7 Å². The number of aromatic nitrogens is 2. The van der Waals surface area contributed by atoms with Crippen LogP contribution >= 0.6 is 22.7 Å². The number of phenols is 1. The average Bonchev–Trinajstić information content (AvgIpc) is 3.80. The Balaban J connectivity index is 1.48. The predicted octanol–water partition coefficient (Wildman–Crippen LogP) is 5.03. The number of alkyl carbamates (subject to hydrolysis) is 1. The molecule has 15 heteroatoms. The number of nitrogens with zero attached hydrogens (tertiary/aromatic N) is 4. The van der Waals surface area contributed by atoms with Gasteiger partial charge in [-0.25, -0.2) is 19.6 Å². The Morgan fingerprint density at radius 1 is 0.941 bits per heavy atom. The number of urea groups is 1. The molecular formula is C36H47N7O6S2. The van der Waals surface area contributed by atoms with E-state index in [0.29, 0.717) is 0 Å². The third kappa shape index (κ3) is 12.6. The monoisotopic (exact) mass is 737 g/mol. The molecule has 51 heavy (non-hydrogen) atoms. The fourth-order valence-corrected chi connectivity index (χ4v) is 6.43. The summed E-state index contributed by atoms with van der Waals surface area (Å²) in [6.07, 6.45) is 0.0208. The van der Waals surface area contributed by atoms with Gasteiger partial charge in [0.25, 0.3) is 5.91 Å². The van der Waals surface area contributed by atoms with E-state index < -0.39 is 36.2 Å². The van der Waals surface area contributed by atoms with Crippen LogP contribution in [0.15, 0.2) is 71.7 Å². The average molecular weight is 738 g/mol. The maximum absolute atomic E-state index is 13.8. The number of carbonyl (C=O) groups excluding carboxylic acids is 3. The van der Waals surface area contributed by atoms with E-state index in [9.17, 15) is 24.6 Å². The number of benzene rings is 2. The number of thiazole rings is 2. The number of amides is 4. The molecule has 3 atom stereocenters. The number of aliphatic hydroxyl groups excluding tert-OH is 1. The molecule has 5 N–H and O–H groups in total. The number of hydrogen-bond acceptors (Lipinski definition) is 11. The summed E-state index contributed by atoms with van der Waals surface area (Å²) in [6, 6.07) is 13.7. The number of hydrazine groups is 1. The fraction of sp³-hybridized carbons (Fsp3) is 0.417. The van der Waals surface area contributed by atoms with Crippen molar-refractivity contribution in [3.8, 4) is 5.75 Å². The van der Waals surface area contributed by atoms with Crippen LogP contribution < -0.4 is 16.1 Å². The highest BCUT2D eigenvalue weighted by Gasteiger charge is 2.30. The zero-order valence-corrected chi connectivity index (χ0v) is 31.1. The van der Waals surface area contributed by atoms with E-state index in [2.05, 4.69) is 39.9 Å². The SMILES string of the molecule is CC(C)c1nc(CN(C)C(=O)N[C@H](C(=O)NN(Cc2ccc(O)cc2)C[C@H](O)[C@H](Cc2ccccc2)NC(=O)OCc2cncs2)C(C)C)cs1. The Morgan fingerprint density at radius 2 is 1.67 bits per heavy atom. The lowest BCUT2D eigenvalue weighted by molar-refractivity contribution is -0.130. The molecule has 0 radical (unpaired) electrons. The third-order valence-electron chi connectivity index (χ3n) is 7.92. The van der Waals surface area contributed by atoms with Crippen molar-refractivity contribution in [1.82, 2.24) is 35.9 Å². The molecule has 2 aromatic carbocycles. The van der Waals surface area contributed by atoms with Gasteiger partial charge in [0, 0.05) is 37.6 Å². The molecule has 0 bridgehead atoms. The molecule has 0 spiro atoms. The summed E-state index contributed by atoms with van der Waals surface area (Å²) in [5.74, 6) is -0.393. The standard InChI is InChI=1S/C36H47N7O6S2/c1-23(2)32(40-35(47)42(5)18-27-21-50-34(38-27)24(3)4)33(46)41-43(17-26-11-13-28(44)14-12-26)19-31(45)30(15-25-9-7-6-8-10-25)39-36(48)49-20-29-16-37-22-51-29/h6-14,16,21-24,30-32,44-45H,15,17-20H2,1-5H3,(H,39,48)(H,40,47)(H,41,46)/t30-,31-,32-/m0/s1. The fourth-order valence-electron chi connectivity index (χ4n) is 5.10. The van der Waals surface area contributed by atoms with Crippen LogP contribution in [-0.2, 0) is 35.6 Å². The molecule has 0 aliphatic rings. The summed E-state index contributed by atoms with van der Waals surface area (Å²) >= 11 is 2.91. The van der Waals surface area contributed by atoms with Crippen molar-refractivity contribution in [2.24, 2.45) is 5.92 Å². The molecule has 2 heterocycles. The predicted molar refractivity (Wildman–Crippen MR) is 197 cm³/mol. The Morgan fingerprint density at radius 3 is 2.29 bits per heavy atom. The minimum absolute atomic E-state index is 0.0357. The van der Waals surface area contributed by atoms with Gasteiger partial charge < -0.3 is 30.5 Å². The van der Waals surface area contributed by atoms with E-state index in [1.54, 1.807) is 42.2 Å². The highest BCUT2D eigenvalue weighted by molar-refractivity contribution is 7.09. The van der Waals surface area contributed by atoms with Crippen LogP contribution in [0.1, 0.15) is 60.3 Å². The van der Waals surface area contributed by atoms with Gasteiger partial charge in [0.1, 0.15) is 18.4 Å². The van der Waals surface area contributed by atoms with Crippen molar-refractivity contribution < 1.29 is 29.3 Å². The molecule has 0 fully saturated rings. The minimum Gasteiger partial charge on any atom is -0.508 e. The lowest BCUT2D eigenvalue weighted by Gasteiger charge is -2.32. The Labute approximate surface area is 306 Å². The molecule has 4 aromatic rings. The first-order valence-corrected chi connectivity index (χ1v) is 18.5. The van der Waals surface area contributed by atoms with E-state index in [4.69, 9.17) is 4.74 Å². The highest BCUT2D eigenvalue weighted by Crippen LogP contribution is 2.20. The van der Waals surface area contributed by atoms with Gasteiger partial charge in [-0.2, -0.15) is 0 Å². The molecule has 4 amide bonds. The van der Waals surface area contributed by atoms with Crippen LogP contribution in [0.4, 0.5) is 9.59 Å². The van der Waals surface area contributed by atoms with Crippen LogP contribution in [0.3, 0.4) is 0 Å². The normalized spacial score (nSPS) is 13.1. The number of aliphatic hydroxyl groups is 1. The molecular weight excluding hydrogens is 691 g/mol. The topological polar surface area (TPSA) is 169 Å². The minimum atomic E-state index is -1.18. The summed E-state index contributed by atoms with van der Waals surface area (Å²) in [4.78, 5) is 50.8. The molecule has 274 valence electrons. The number of nitrogens with one attached hydrogen (secondary N) is 3. The Bertz CT molecular complexity index is 1670. The highest BCUT2D eigenvalue weighted by atomic mass is 32.1. The van der Waals surface area contributed by atoms with Crippen LogP contribution in [0.5, 0.6) is 5.75 Å². The second-order valence-electron chi connectivity index (χ2n) is 12.9. The number of hydrogen-bond donors (Lipinski definition) is 5. The molecule has 0 aliphatic heterocycles. The molecule has 13 nitrogen and oxygen atoms in total. The molecule has 2 aromatic heterocycles. The van der Waals surface area contributed by atoms with Crippen LogP contribution in [0.2, 0.25) is 0 Å². The quantitative estimate of drug-likeness (QED) is 0.0934. The van der Waals surface area contributed by atoms with E-state index in [0.717, 1.165) is 26.7 Å². The smallest absolute Gasteiger partial charge is 0.407 e. The first-order valence-electron chi connectivity index (χ1n) is 16.7. The molecule has 0 unspecified atom stereocenters. The van der Waals surface area contributed by atoms with Crippen molar-refractivity contribution in [2.45, 2.75) is 77.9 Å². The largest absolute Gasteiger partial charge is 0.508 e. The van der Waals surface area contributed by atoms with Gasteiger partial charge in [-0.1, -0.05) is 70.2 Å². The number of phenolic OH excluding ortho intramolecular Hbond substituents is 1. The third-order valence-corrected chi connectivity index (χ3v) is 9.87. The van der Waals surface area contributed by atoms with Crippen molar-refractivity contribution in [2.75, 3.05) is 13.6 Å². The van der Waals surface area contributed by atoms with Crippen molar-refractivity contribution in [3.05, 3.63) is 98.4 Å². The summed E-state index contributed by atoms with van der Waals surface area (Å²) in [7, 11) is 1.65. The van der Waals surface area contributed by atoms with Gasteiger partial charge in [-0.3, -0.25) is 15.2 Å². The van der Waals surface area contributed by atoms with E-state index >= 15 is 0 Å². The number of rotatable bonds is 17. The molecule has 4 rings (SSSR count). The Kier molecular flexibility index (Phi) is 14.7. The zero-order valence-electron chi connectivity index (χ0n) is 29.5. The maximum Gasteiger partial charge on any atom is 0.407 e. The first-order chi connectivity index (χ1) is 24.4. The number of carbonyl (C=O) groups is 3. The van der Waals surface area contributed by atoms with Crippen LogP contribution in [-0.4, -0.2) is 79.9 Å². The van der Waals surface area contributed by atoms with Crippen molar-refractivity contribution in [1.29, 1.82) is 0 Å². The lowest BCUT2D eigenvalue weighted by Crippen LogP contribution is -2.58. The number of aromatic hydroxyl groups is 1. The van der Waals surface area contributed by atoms with Gasteiger partial charge in [0.2, 0.25) is 0 Å². The number of ether oxygens (including phenoxy) is 1. The maximum atomic E-state index is 13.8. The first kappa shape index (κ1) is 39.2. The van der Waals surface area contributed by atoms with E-state index in [-0.39, 0.29) is 50.2 Å². The van der Waals surface area contributed by atoms with Gasteiger partial charge in [0.05, 0.1) is 39.8 Å². The zero-order chi connectivity index (χ0) is 36.9. The van der Waals surface area contributed by atoms with Crippen LogP contribution in [0.25, 0.3) is 0 Å². The van der Waals surface area contributed by atoms with Crippen LogP contribution in [0, 0.1) is 5.92 Å². The summed E-state index contributed by atoms with van der Waals surface area (Å²) in [5, 5.41) is 31.6. The van der Waals surface area contributed by atoms with Gasteiger partial charge >= 0.3 is 12.1 Å². The molecule has 0 aliphatic carbocycles. The Hall–Kier alpha value is -4.57. The second-order valence-corrected chi connectivity index (χ2v) is 14.8. The molecule has 0 saturated carbocycles. The second kappa shape index (κ2) is 19.2. The molecule has 0 saturated heterocycles. The van der Waals surface area contributed by atoms with Gasteiger partial charge in [-0.05, 0) is 35.6 Å². The van der Waals surface area contributed by atoms with E-state index in [1.807, 2.05) is 49.6 Å². The summed E-state index contributed by atoms with van der Waals surface area (Å²) in [6.45, 7) is 8.16.